The number of carbonyl (C=O) groups is 1. The van der Waals surface area contributed by atoms with Gasteiger partial charge in [0, 0.05) is 19.2 Å². The van der Waals surface area contributed by atoms with Crippen LogP contribution in [0, 0.1) is 10.1 Å². The maximum absolute atomic E-state index is 12.5. The summed E-state index contributed by atoms with van der Waals surface area (Å²) in [7, 11) is 0. The molecule has 1 aromatic rings. The van der Waals surface area contributed by atoms with E-state index in [9.17, 15) is 14.9 Å². The van der Waals surface area contributed by atoms with Gasteiger partial charge in [0.1, 0.15) is 0 Å². The van der Waals surface area contributed by atoms with Gasteiger partial charge in [-0.3, -0.25) is 14.9 Å². The smallest absolute Gasteiger partial charge is 0.311 e. The molecule has 0 heterocycles. The molecule has 7 heteroatoms. The van der Waals surface area contributed by atoms with Crippen LogP contribution in [-0.4, -0.2) is 47.1 Å². The molecule has 21 heavy (non-hydrogen) atoms. The highest BCUT2D eigenvalue weighted by Gasteiger charge is 2.25. The summed E-state index contributed by atoms with van der Waals surface area (Å²) >= 11 is 0. The second-order valence-electron chi connectivity index (χ2n) is 4.36. The molecule has 7 nitrogen and oxygen atoms in total. The van der Waals surface area contributed by atoms with Crippen molar-refractivity contribution in [2.75, 3.05) is 26.3 Å². The molecule has 0 spiro atoms. The van der Waals surface area contributed by atoms with Crippen molar-refractivity contribution < 1.29 is 19.6 Å². The number of ether oxygens (including phenoxy) is 1. The largest absolute Gasteiger partial charge is 0.487 e. The van der Waals surface area contributed by atoms with E-state index in [1.807, 2.05) is 6.92 Å². The normalized spacial score (nSPS) is 10.2. The van der Waals surface area contributed by atoms with Gasteiger partial charge in [-0.05, 0) is 19.4 Å². The standard InChI is InChI=1S/C14H20N2O5/c1-3-8-15(9-10-17)14(18)11-6-5-7-12(16(19)20)13(11)21-4-2/h5-7,17H,3-4,8-10H2,1-2H3. The van der Waals surface area contributed by atoms with E-state index in [-0.39, 0.29) is 42.7 Å². The fraction of sp³-hybridized carbons (Fsp3) is 0.500. The molecule has 0 aliphatic rings. The van der Waals surface area contributed by atoms with Gasteiger partial charge in [0.25, 0.3) is 5.91 Å². The van der Waals surface area contributed by atoms with Crippen LogP contribution in [0.4, 0.5) is 5.69 Å². The Hall–Kier alpha value is -2.15. The average molecular weight is 296 g/mol. The SMILES string of the molecule is CCCN(CCO)C(=O)c1cccc([N+](=O)[O-])c1OCC. The van der Waals surface area contributed by atoms with Gasteiger partial charge < -0.3 is 14.7 Å². The molecule has 1 aromatic carbocycles. The van der Waals surface area contributed by atoms with Crippen molar-refractivity contribution in [1.82, 2.24) is 4.90 Å². The number of carbonyl (C=O) groups excluding carboxylic acids is 1. The Labute approximate surface area is 123 Å². The molecule has 0 atom stereocenters. The Morgan fingerprint density at radius 1 is 1.38 bits per heavy atom. The summed E-state index contributed by atoms with van der Waals surface area (Å²) in [5.74, 6) is -0.396. The van der Waals surface area contributed by atoms with Crippen LogP contribution in [0.1, 0.15) is 30.6 Å². The van der Waals surface area contributed by atoms with Crippen molar-refractivity contribution in [3.05, 3.63) is 33.9 Å². The van der Waals surface area contributed by atoms with Crippen LogP contribution in [0.5, 0.6) is 5.75 Å². The molecule has 116 valence electrons. The molecule has 0 aliphatic heterocycles. The molecule has 0 aliphatic carbocycles. The predicted molar refractivity (Wildman–Crippen MR) is 77.5 cm³/mol. The van der Waals surface area contributed by atoms with Gasteiger partial charge in [-0.1, -0.05) is 13.0 Å². The third kappa shape index (κ3) is 4.16. The van der Waals surface area contributed by atoms with E-state index in [2.05, 4.69) is 0 Å². The first kappa shape index (κ1) is 16.9. The lowest BCUT2D eigenvalue weighted by atomic mass is 10.1. The number of nitro benzene ring substituents is 1. The first-order chi connectivity index (χ1) is 10.1. The summed E-state index contributed by atoms with van der Waals surface area (Å²) in [6.07, 6.45) is 0.727. The molecule has 0 aromatic heterocycles. The Balaban J connectivity index is 3.23. The third-order valence-electron chi connectivity index (χ3n) is 2.86. The predicted octanol–water partition coefficient (Wildman–Crippen LogP) is 1.84. The lowest BCUT2D eigenvalue weighted by molar-refractivity contribution is -0.385. The van der Waals surface area contributed by atoms with Gasteiger partial charge in [0.2, 0.25) is 5.75 Å². The van der Waals surface area contributed by atoms with Crippen LogP contribution in [0.15, 0.2) is 18.2 Å². The number of amides is 1. The Morgan fingerprint density at radius 2 is 2.10 bits per heavy atom. The van der Waals surface area contributed by atoms with E-state index in [0.717, 1.165) is 6.42 Å². The van der Waals surface area contributed by atoms with E-state index >= 15 is 0 Å². The first-order valence-corrected chi connectivity index (χ1v) is 6.87. The van der Waals surface area contributed by atoms with Crippen LogP contribution in [0.25, 0.3) is 0 Å². The van der Waals surface area contributed by atoms with Crippen LogP contribution in [0.2, 0.25) is 0 Å². The molecule has 0 fully saturated rings. The van der Waals surface area contributed by atoms with Gasteiger partial charge in [0.05, 0.1) is 23.7 Å². The third-order valence-corrected chi connectivity index (χ3v) is 2.86. The van der Waals surface area contributed by atoms with Crippen molar-refractivity contribution in [3.63, 3.8) is 0 Å². The minimum absolute atomic E-state index is 0.0194. The highest BCUT2D eigenvalue weighted by molar-refractivity contribution is 5.98. The lowest BCUT2D eigenvalue weighted by Gasteiger charge is -2.22. The number of benzene rings is 1. The van der Waals surface area contributed by atoms with Gasteiger partial charge in [0.15, 0.2) is 0 Å². The van der Waals surface area contributed by atoms with E-state index in [1.54, 1.807) is 6.92 Å². The van der Waals surface area contributed by atoms with Crippen LogP contribution >= 0.6 is 0 Å². The minimum atomic E-state index is -0.571. The molecule has 0 bridgehead atoms. The molecule has 1 rings (SSSR count). The zero-order valence-corrected chi connectivity index (χ0v) is 12.2. The zero-order valence-electron chi connectivity index (χ0n) is 12.2. The monoisotopic (exact) mass is 296 g/mol. The fourth-order valence-electron chi connectivity index (χ4n) is 2.01. The van der Waals surface area contributed by atoms with E-state index in [1.165, 1.54) is 23.1 Å². The van der Waals surface area contributed by atoms with Crippen molar-refractivity contribution in [2.24, 2.45) is 0 Å². The van der Waals surface area contributed by atoms with Crippen molar-refractivity contribution in [3.8, 4) is 5.75 Å². The van der Waals surface area contributed by atoms with Crippen molar-refractivity contribution in [1.29, 1.82) is 0 Å². The number of nitro groups is 1. The maximum Gasteiger partial charge on any atom is 0.311 e. The summed E-state index contributed by atoms with van der Waals surface area (Å²) in [5, 5.41) is 20.1. The molecule has 0 unspecified atom stereocenters. The second-order valence-corrected chi connectivity index (χ2v) is 4.36. The van der Waals surface area contributed by atoms with Crippen LogP contribution in [-0.2, 0) is 0 Å². The second kappa shape index (κ2) is 8.21. The molecule has 1 amide bonds. The van der Waals surface area contributed by atoms with Gasteiger partial charge in [-0.15, -0.1) is 0 Å². The molecule has 0 radical (unpaired) electrons. The molecular formula is C14H20N2O5. The van der Waals surface area contributed by atoms with Crippen LogP contribution < -0.4 is 4.74 Å². The summed E-state index contributed by atoms with van der Waals surface area (Å²) in [5.41, 5.74) is -0.0869. The van der Waals surface area contributed by atoms with E-state index < -0.39 is 4.92 Å². The van der Waals surface area contributed by atoms with Gasteiger partial charge in [-0.2, -0.15) is 0 Å². The van der Waals surface area contributed by atoms with Gasteiger partial charge >= 0.3 is 5.69 Å². The number of para-hydroxylation sites is 1. The fourth-order valence-corrected chi connectivity index (χ4v) is 2.01. The van der Waals surface area contributed by atoms with E-state index in [0.29, 0.717) is 6.54 Å². The summed E-state index contributed by atoms with van der Waals surface area (Å²) in [4.78, 5) is 24.4. The van der Waals surface area contributed by atoms with Crippen molar-refractivity contribution >= 4 is 11.6 Å². The van der Waals surface area contributed by atoms with E-state index in [4.69, 9.17) is 9.84 Å². The van der Waals surface area contributed by atoms with Gasteiger partial charge in [-0.25, -0.2) is 0 Å². The summed E-state index contributed by atoms with van der Waals surface area (Å²) < 4.78 is 5.31. The Bertz CT molecular complexity index is 498. The number of aliphatic hydroxyl groups is 1. The number of rotatable bonds is 8. The first-order valence-electron chi connectivity index (χ1n) is 6.87. The number of aliphatic hydroxyl groups excluding tert-OH is 1. The summed E-state index contributed by atoms with van der Waals surface area (Å²) in [6, 6.07) is 4.26. The highest BCUT2D eigenvalue weighted by atomic mass is 16.6. The Morgan fingerprint density at radius 3 is 2.62 bits per heavy atom. The Kier molecular flexibility index (Phi) is 6.61. The molecular weight excluding hydrogens is 276 g/mol. The van der Waals surface area contributed by atoms with Crippen molar-refractivity contribution in [2.45, 2.75) is 20.3 Å². The zero-order chi connectivity index (χ0) is 15.8. The average Bonchev–Trinajstić information content (AvgIpc) is 2.46. The topological polar surface area (TPSA) is 92.9 Å². The minimum Gasteiger partial charge on any atom is -0.487 e. The lowest BCUT2D eigenvalue weighted by Crippen LogP contribution is -2.34. The van der Waals surface area contributed by atoms with Crippen LogP contribution in [0.3, 0.4) is 0 Å². The quantitative estimate of drug-likeness (QED) is 0.583. The summed E-state index contributed by atoms with van der Waals surface area (Å²) in [6.45, 7) is 4.31. The number of hydrogen-bond acceptors (Lipinski definition) is 5. The number of nitrogens with zero attached hydrogens (tertiary/aromatic N) is 2. The maximum atomic E-state index is 12.5. The molecule has 1 N–H and O–H groups in total. The molecule has 0 saturated carbocycles. The highest BCUT2D eigenvalue weighted by Crippen LogP contribution is 2.31. The number of hydrogen-bond donors (Lipinski definition) is 1. The molecule has 0 saturated heterocycles.